The topological polar surface area (TPSA) is 59.0 Å². The van der Waals surface area contributed by atoms with Gasteiger partial charge in [0.05, 0.1) is 13.2 Å². The molecule has 25 heavy (non-hydrogen) atoms. The van der Waals surface area contributed by atoms with Gasteiger partial charge in [-0.15, -0.1) is 0 Å². The second kappa shape index (κ2) is 5.49. The summed E-state index contributed by atoms with van der Waals surface area (Å²) in [5.74, 6) is 1.28. The molecular formula is C20H21NO4. The highest BCUT2D eigenvalue weighted by atomic mass is 16.5. The van der Waals surface area contributed by atoms with Crippen LogP contribution in [-0.4, -0.2) is 34.7 Å². The quantitative estimate of drug-likeness (QED) is 0.914. The molecule has 0 unspecified atom stereocenters. The number of hydrogen-bond acceptors (Lipinski definition) is 4. The number of aliphatic hydroxyl groups is 1. The number of carbonyl (C=O) groups excluding carboxylic acids is 1. The second-order valence-corrected chi connectivity index (χ2v) is 7.09. The number of benzene rings is 2. The van der Waals surface area contributed by atoms with Crippen molar-refractivity contribution in [1.82, 2.24) is 4.90 Å². The monoisotopic (exact) mass is 339 g/mol. The molecule has 2 aliphatic rings. The van der Waals surface area contributed by atoms with Gasteiger partial charge >= 0.3 is 0 Å². The van der Waals surface area contributed by atoms with E-state index in [1.54, 1.807) is 12.0 Å². The van der Waals surface area contributed by atoms with E-state index >= 15 is 0 Å². The number of aliphatic hydroxyl groups excluding tert-OH is 1. The molecule has 0 fully saturated rings. The molecule has 0 bridgehead atoms. The lowest BCUT2D eigenvalue weighted by atomic mass is 9.85. The summed E-state index contributed by atoms with van der Waals surface area (Å²) in [4.78, 5) is 14.7. The van der Waals surface area contributed by atoms with Crippen molar-refractivity contribution in [3.05, 3.63) is 59.2 Å². The Labute approximate surface area is 146 Å². The van der Waals surface area contributed by atoms with Gasteiger partial charge in [0.15, 0.2) is 0 Å². The molecule has 0 aromatic heterocycles. The third-order valence-electron chi connectivity index (χ3n) is 5.11. The van der Waals surface area contributed by atoms with Crippen molar-refractivity contribution in [3.63, 3.8) is 0 Å². The number of fused-ring (bicyclic) bond motifs is 2. The van der Waals surface area contributed by atoms with Gasteiger partial charge in [0.2, 0.25) is 0 Å². The fourth-order valence-electron chi connectivity index (χ4n) is 3.71. The molecule has 0 spiro atoms. The van der Waals surface area contributed by atoms with Crippen molar-refractivity contribution in [2.24, 2.45) is 0 Å². The molecule has 2 atom stereocenters. The lowest BCUT2D eigenvalue weighted by Crippen LogP contribution is -2.53. The third kappa shape index (κ3) is 2.38. The summed E-state index contributed by atoms with van der Waals surface area (Å²) in [6, 6.07) is 12.6. The summed E-state index contributed by atoms with van der Waals surface area (Å²) in [5, 5.41) is 11.0. The summed E-state index contributed by atoms with van der Waals surface area (Å²) in [5.41, 5.74) is 1.64. The molecule has 2 aromatic rings. The highest BCUT2D eigenvalue weighted by molar-refractivity contribution is 5.98. The van der Waals surface area contributed by atoms with Crippen molar-refractivity contribution in [3.8, 4) is 11.5 Å². The van der Waals surface area contributed by atoms with Crippen LogP contribution in [0, 0.1) is 0 Å². The van der Waals surface area contributed by atoms with Gasteiger partial charge in [-0.25, -0.2) is 0 Å². The minimum Gasteiger partial charge on any atom is -0.497 e. The maximum atomic E-state index is 13.0. The summed E-state index contributed by atoms with van der Waals surface area (Å²) in [6.07, 6.45) is -0.856. The molecule has 0 aliphatic carbocycles. The lowest BCUT2D eigenvalue weighted by molar-refractivity contribution is -0.0868. The Hall–Kier alpha value is -2.53. The number of ether oxygens (including phenoxy) is 2. The molecule has 4 rings (SSSR count). The predicted molar refractivity (Wildman–Crippen MR) is 92.8 cm³/mol. The molecule has 1 amide bonds. The molecule has 2 aromatic carbocycles. The zero-order chi connectivity index (χ0) is 17.8. The van der Waals surface area contributed by atoms with Gasteiger partial charge in [0.1, 0.15) is 23.2 Å². The lowest BCUT2D eigenvalue weighted by Gasteiger charge is -2.45. The number of rotatable bonds is 2. The Morgan fingerprint density at radius 3 is 2.72 bits per heavy atom. The number of carbonyl (C=O) groups is 1. The van der Waals surface area contributed by atoms with E-state index in [2.05, 4.69) is 0 Å². The number of amides is 1. The van der Waals surface area contributed by atoms with E-state index in [1.165, 1.54) is 0 Å². The third-order valence-corrected chi connectivity index (χ3v) is 5.11. The van der Waals surface area contributed by atoms with E-state index in [1.807, 2.05) is 56.3 Å². The molecule has 2 aliphatic heterocycles. The van der Waals surface area contributed by atoms with Crippen LogP contribution in [0.4, 0.5) is 0 Å². The van der Waals surface area contributed by atoms with E-state index in [9.17, 15) is 9.90 Å². The summed E-state index contributed by atoms with van der Waals surface area (Å²) < 4.78 is 11.3. The molecule has 0 saturated carbocycles. The van der Waals surface area contributed by atoms with Gasteiger partial charge in [-0.05, 0) is 43.7 Å². The van der Waals surface area contributed by atoms with E-state index in [0.717, 1.165) is 11.1 Å². The normalized spacial score (nSPS) is 23.7. The molecule has 1 N–H and O–H groups in total. The average molecular weight is 339 g/mol. The smallest absolute Gasteiger partial charge is 0.255 e. The Morgan fingerprint density at radius 2 is 2.00 bits per heavy atom. The van der Waals surface area contributed by atoms with E-state index in [0.29, 0.717) is 23.6 Å². The first kappa shape index (κ1) is 16.0. The Balaban J connectivity index is 1.82. The Morgan fingerprint density at radius 1 is 1.24 bits per heavy atom. The van der Waals surface area contributed by atoms with Crippen LogP contribution in [-0.2, 0) is 6.54 Å². The van der Waals surface area contributed by atoms with Crippen LogP contribution < -0.4 is 9.47 Å². The van der Waals surface area contributed by atoms with E-state index in [-0.39, 0.29) is 5.91 Å². The van der Waals surface area contributed by atoms with Crippen LogP contribution in [0.25, 0.3) is 0 Å². The molecule has 5 nitrogen and oxygen atoms in total. The fourth-order valence-corrected chi connectivity index (χ4v) is 3.71. The largest absolute Gasteiger partial charge is 0.497 e. The standard InChI is InChI=1S/C20H21NO4/c1-20(2)18(22)17(15-10-13(24-3)8-9-16(15)25-20)21-11-12-6-4-5-7-14(12)19(21)23/h4-10,17-18,22H,11H2,1-3H3/t17-,18-/m1/s1. The Kier molecular flexibility index (Phi) is 3.51. The van der Waals surface area contributed by atoms with Gasteiger partial charge in [-0.3, -0.25) is 4.79 Å². The van der Waals surface area contributed by atoms with E-state index in [4.69, 9.17) is 9.47 Å². The van der Waals surface area contributed by atoms with Gasteiger partial charge in [-0.1, -0.05) is 18.2 Å². The predicted octanol–water partition coefficient (Wildman–Crippen LogP) is 2.92. The fraction of sp³-hybridized carbons (Fsp3) is 0.350. The molecule has 0 saturated heterocycles. The Bertz CT molecular complexity index is 845. The second-order valence-electron chi connectivity index (χ2n) is 7.09. The van der Waals surface area contributed by atoms with Gasteiger partial charge < -0.3 is 19.5 Å². The minimum atomic E-state index is -0.856. The van der Waals surface area contributed by atoms with Gasteiger partial charge in [-0.2, -0.15) is 0 Å². The molecular weight excluding hydrogens is 318 g/mol. The van der Waals surface area contributed by atoms with Crippen molar-refractivity contribution < 1.29 is 19.4 Å². The van der Waals surface area contributed by atoms with E-state index < -0.39 is 17.7 Å². The molecule has 0 radical (unpaired) electrons. The first-order valence-electron chi connectivity index (χ1n) is 8.36. The van der Waals surface area contributed by atoms with Gasteiger partial charge in [0, 0.05) is 17.7 Å². The summed E-state index contributed by atoms with van der Waals surface area (Å²) in [7, 11) is 1.59. The molecule has 130 valence electrons. The van der Waals surface area contributed by atoms with Crippen LogP contribution in [0.1, 0.15) is 41.4 Å². The number of nitrogens with zero attached hydrogens (tertiary/aromatic N) is 1. The SMILES string of the molecule is COc1ccc2c(c1)[C@@H](N1Cc3ccccc3C1=O)[C@@H](O)C(C)(C)O2. The zero-order valence-electron chi connectivity index (χ0n) is 14.5. The summed E-state index contributed by atoms with van der Waals surface area (Å²) in [6.45, 7) is 4.15. The van der Waals surface area contributed by atoms with Gasteiger partial charge in [0.25, 0.3) is 5.91 Å². The van der Waals surface area contributed by atoms with Crippen LogP contribution >= 0.6 is 0 Å². The average Bonchev–Trinajstić information content (AvgIpc) is 2.92. The molecule has 2 heterocycles. The van der Waals surface area contributed by atoms with Crippen molar-refractivity contribution >= 4 is 5.91 Å². The minimum absolute atomic E-state index is 0.0638. The molecule has 5 heteroatoms. The van der Waals surface area contributed by atoms with Crippen molar-refractivity contribution in [2.75, 3.05) is 7.11 Å². The first-order chi connectivity index (χ1) is 11.9. The van der Waals surface area contributed by atoms with Crippen LogP contribution in [0.15, 0.2) is 42.5 Å². The van der Waals surface area contributed by atoms with Crippen LogP contribution in [0.5, 0.6) is 11.5 Å². The maximum Gasteiger partial charge on any atom is 0.255 e. The highest BCUT2D eigenvalue weighted by Crippen LogP contribution is 2.46. The highest BCUT2D eigenvalue weighted by Gasteiger charge is 2.48. The van der Waals surface area contributed by atoms with Crippen LogP contribution in [0.3, 0.4) is 0 Å². The summed E-state index contributed by atoms with van der Waals surface area (Å²) >= 11 is 0. The number of hydrogen-bond donors (Lipinski definition) is 1. The zero-order valence-corrected chi connectivity index (χ0v) is 14.5. The maximum absolute atomic E-state index is 13.0. The van der Waals surface area contributed by atoms with Crippen molar-refractivity contribution in [1.29, 1.82) is 0 Å². The number of methoxy groups -OCH3 is 1. The first-order valence-corrected chi connectivity index (χ1v) is 8.36. The van der Waals surface area contributed by atoms with Crippen LogP contribution in [0.2, 0.25) is 0 Å². The van der Waals surface area contributed by atoms with Crippen molar-refractivity contribution in [2.45, 2.75) is 38.1 Å².